The minimum absolute atomic E-state index is 0.101. The molecule has 1 saturated heterocycles. The van der Waals surface area contributed by atoms with Gasteiger partial charge < -0.3 is 9.47 Å². The summed E-state index contributed by atoms with van der Waals surface area (Å²) in [4.78, 5) is 25.2. The molecular weight excluding hydrogens is 472 g/mol. The normalized spacial score (nSPS) is 14.5. The smallest absolute Gasteiger partial charge is 0.271 e. The molecule has 1 heterocycles. The first-order valence-corrected chi connectivity index (χ1v) is 11.6. The minimum atomic E-state index is -0.505. The van der Waals surface area contributed by atoms with Gasteiger partial charge in [-0.25, -0.2) is 0 Å². The number of aryl methyl sites for hydroxylation is 1. The first-order valence-electron chi connectivity index (χ1n) is 10.4. The van der Waals surface area contributed by atoms with Gasteiger partial charge in [0.2, 0.25) is 0 Å². The van der Waals surface area contributed by atoms with Crippen molar-refractivity contribution in [2.45, 2.75) is 6.92 Å². The van der Waals surface area contributed by atoms with E-state index in [-0.39, 0.29) is 11.6 Å². The number of carbonyl (C=O) groups is 1. The quantitative estimate of drug-likeness (QED) is 0.130. The average molecular weight is 493 g/mol. The maximum Gasteiger partial charge on any atom is 0.271 e. The lowest BCUT2D eigenvalue weighted by molar-refractivity contribution is -0.384. The highest BCUT2D eigenvalue weighted by Gasteiger charge is 2.33. The number of amides is 1. The van der Waals surface area contributed by atoms with Gasteiger partial charge in [0.25, 0.3) is 11.6 Å². The third kappa shape index (κ3) is 5.62. The molecule has 1 amide bonds. The van der Waals surface area contributed by atoms with E-state index in [1.165, 1.54) is 28.7 Å². The van der Waals surface area contributed by atoms with E-state index in [1.54, 1.807) is 12.1 Å². The molecule has 3 aromatic carbocycles. The van der Waals surface area contributed by atoms with Crippen molar-refractivity contribution in [3.05, 3.63) is 98.9 Å². The molecule has 0 aliphatic carbocycles. The summed E-state index contributed by atoms with van der Waals surface area (Å²) in [6.45, 7) is 2.84. The van der Waals surface area contributed by atoms with Crippen molar-refractivity contribution in [3.8, 4) is 11.5 Å². The second-order valence-electron chi connectivity index (χ2n) is 7.37. The number of non-ortho nitro benzene ring substituents is 1. The van der Waals surface area contributed by atoms with Crippen molar-refractivity contribution in [1.82, 2.24) is 0 Å². The van der Waals surface area contributed by atoms with Gasteiger partial charge in [-0.2, -0.15) is 0 Å². The van der Waals surface area contributed by atoms with E-state index in [9.17, 15) is 14.9 Å². The van der Waals surface area contributed by atoms with Crippen molar-refractivity contribution in [3.63, 3.8) is 0 Å². The van der Waals surface area contributed by atoms with E-state index in [0.717, 1.165) is 23.1 Å². The van der Waals surface area contributed by atoms with Gasteiger partial charge in [-0.05, 0) is 48.9 Å². The monoisotopic (exact) mass is 492 g/mol. The van der Waals surface area contributed by atoms with Crippen LogP contribution in [0.4, 0.5) is 11.4 Å². The molecule has 34 heavy (non-hydrogen) atoms. The van der Waals surface area contributed by atoms with Crippen LogP contribution in [-0.4, -0.2) is 28.4 Å². The third-order valence-electron chi connectivity index (χ3n) is 4.91. The van der Waals surface area contributed by atoms with Gasteiger partial charge in [0, 0.05) is 12.1 Å². The summed E-state index contributed by atoms with van der Waals surface area (Å²) in [7, 11) is 0. The number of hydrogen-bond donors (Lipinski definition) is 0. The number of nitrogens with zero attached hydrogens (tertiary/aromatic N) is 2. The second-order valence-corrected chi connectivity index (χ2v) is 9.05. The van der Waals surface area contributed by atoms with Gasteiger partial charge in [-0.3, -0.25) is 19.8 Å². The molecule has 1 aliphatic heterocycles. The molecule has 0 saturated carbocycles. The molecule has 9 heteroatoms. The summed E-state index contributed by atoms with van der Waals surface area (Å²) < 4.78 is 11.7. The number of benzene rings is 3. The van der Waals surface area contributed by atoms with E-state index in [0.29, 0.717) is 33.9 Å². The van der Waals surface area contributed by atoms with Crippen LogP contribution < -0.4 is 14.4 Å². The molecule has 1 aliphatic rings. The molecule has 0 N–H and O–H groups in total. The average Bonchev–Trinajstić information content (AvgIpc) is 3.11. The van der Waals surface area contributed by atoms with E-state index < -0.39 is 4.92 Å². The van der Waals surface area contributed by atoms with Gasteiger partial charge in [-0.1, -0.05) is 59.9 Å². The van der Waals surface area contributed by atoms with Gasteiger partial charge in [0.05, 0.1) is 15.5 Å². The predicted octanol–water partition coefficient (Wildman–Crippen LogP) is 5.77. The lowest BCUT2D eigenvalue weighted by Crippen LogP contribution is -2.27. The van der Waals surface area contributed by atoms with E-state index >= 15 is 0 Å². The van der Waals surface area contributed by atoms with Gasteiger partial charge in [0.15, 0.2) is 4.32 Å². The molecule has 3 aromatic rings. The first kappa shape index (κ1) is 23.5. The van der Waals surface area contributed by atoms with E-state index in [1.807, 2.05) is 55.5 Å². The summed E-state index contributed by atoms with van der Waals surface area (Å²) in [5.74, 6) is 1.17. The molecule has 0 unspecified atom stereocenters. The largest absolute Gasteiger partial charge is 0.490 e. The topological polar surface area (TPSA) is 81.9 Å². The molecule has 1 fully saturated rings. The van der Waals surface area contributed by atoms with Crippen LogP contribution in [0.1, 0.15) is 11.1 Å². The van der Waals surface area contributed by atoms with Crippen LogP contribution in [0.15, 0.2) is 77.7 Å². The Morgan fingerprint density at radius 1 is 1.00 bits per heavy atom. The fraction of sp³-hybridized carbons (Fsp3) is 0.120. The van der Waals surface area contributed by atoms with Gasteiger partial charge in [-0.15, -0.1) is 0 Å². The van der Waals surface area contributed by atoms with Crippen LogP contribution in [0, 0.1) is 17.0 Å². The zero-order valence-corrected chi connectivity index (χ0v) is 19.8. The Kier molecular flexibility index (Phi) is 7.24. The number of thiocarbonyl (C=S) groups is 1. The second kappa shape index (κ2) is 10.5. The van der Waals surface area contributed by atoms with Gasteiger partial charge >= 0.3 is 0 Å². The SMILES string of the molecule is Cc1ccc(OCCOc2ccc(/C=C3/SC(=S)N(c4cccc([N+](=O)[O-])c4)C3=O)cc2)cc1. The number of nitro benzene ring substituents is 1. The Morgan fingerprint density at radius 3 is 2.24 bits per heavy atom. The van der Waals surface area contributed by atoms with Crippen LogP contribution in [0.25, 0.3) is 6.08 Å². The van der Waals surface area contributed by atoms with E-state index in [2.05, 4.69) is 0 Å². The van der Waals surface area contributed by atoms with Crippen molar-refractivity contribution in [1.29, 1.82) is 0 Å². The zero-order chi connectivity index (χ0) is 24.1. The number of anilines is 1. The molecule has 0 aromatic heterocycles. The summed E-state index contributed by atoms with van der Waals surface area (Å²) >= 11 is 6.51. The summed E-state index contributed by atoms with van der Waals surface area (Å²) in [6.07, 6.45) is 1.74. The predicted molar refractivity (Wildman–Crippen MR) is 137 cm³/mol. The van der Waals surface area contributed by atoms with Crippen molar-refractivity contribution in [2.75, 3.05) is 18.1 Å². The number of rotatable bonds is 8. The summed E-state index contributed by atoms with van der Waals surface area (Å²) in [5, 5.41) is 11.1. The Labute approximate surface area is 206 Å². The summed E-state index contributed by atoms with van der Waals surface area (Å²) in [6, 6.07) is 21.0. The number of thioether (sulfide) groups is 1. The van der Waals surface area contributed by atoms with Crippen LogP contribution in [0.3, 0.4) is 0 Å². The Hall–Kier alpha value is -3.69. The standard InChI is InChI=1S/C25H20N2O5S2/c1-17-5-9-21(10-6-17)31-13-14-32-22-11-7-18(8-12-22)15-23-24(28)26(25(33)34-23)19-3-2-4-20(16-19)27(29)30/h2-12,15-16H,13-14H2,1H3/b23-15+. The highest BCUT2D eigenvalue weighted by atomic mass is 32.2. The Balaban J connectivity index is 1.36. The molecule has 0 spiro atoms. The highest BCUT2D eigenvalue weighted by molar-refractivity contribution is 8.27. The minimum Gasteiger partial charge on any atom is -0.490 e. The number of carbonyl (C=O) groups excluding carboxylic acids is 1. The van der Waals surface area contributed by atoms with Crippen molar-refractivity contribution < 1.29 is 19.2 Å². The maximum absolute atomic E-state index is 12.9. The molecule has 7 nitrogen and oxygen atoms in total. The Bertz CT molecular complexity index is 1260. The fourth-order valence-electron chi connectivity index (χ4n) is 3.20. The first-order chi connectivity index (χ1) is 16.4. The lowest BCUT2D eigenvalue weighted by atomic mass is 10.2. The molecule has 0 atom stereocenters. The van der Waals surface area contributed by atoms with Crippen molar-refractivity contribution in [2.24, 2.45) is 0 Å². The molecular formula is C25H20N2O5S2. The van der Waals surface area contributed by atoms with Crippen LogP contribution >= 0.6 is 24.0 Å². The molecule has 0 radical (unpaired) electrons. The van der Waals surface area contributed by atoms with Crippen LogP contribution in [-0.2, 0) is 4.79 Å². The van der Waals surface area contributed by atoms with Crippen LogP contribution in [0.2, 0.25) is 0 Å². The van der Waals surface area contributed by atoms with E-state index in [4.69, 9.17) is 21.7 Å². The molecule has 4 rings (SSSR count). The zero-order valence-electron chi connectivity index (χ0n) is 18.2. The number of hydrogen-bond acceptors (Lipinski definition) is 7. The summed E-state index contributed by atoms with van der Waals surface area (Å²) in [5.41, 5.74) is 2.25. The maximum atomic E-state index is 12.9. The highest BCUT2D eigenvalue weighted by Crippen LogP contribution is 2.37. The van der Waals surface area contributed by atoms with Crippen molar-refractivity contribution >= 4 is 51.7 Å². The number of ether oxygens (including phenoxy) is 2. The van der Waals surface area contributed by atoms with Gasteiger partial charge in [0.1, 0.15) is 24.7 Å². The lowest BCUT2D eigenvalue weighted by Gasteiger charge is -2.13. The molecule has 172 valence electrons. The fourth-order valence-corrected chi connectivity index (χ4v) is 4.50. The number of nitro groups is 1. The molecule has 0 bridgehead atoms. The van der Waals surface area contributed by atoms with Crippen LogP contribution in [0.5, 0.6) is 11.5 Å². The third-order valence-corrected chi connectivity index (χ3v) is 6.21. The Morgan fingerprint density at radius 2 is 1.62 bits per heavy atom.